The number of fused-ring (bicyclic) bond motifs is 1. The quantitative estimate of drug-likeness (QED) is 0.493. The Morgan fingerprint density at radius 3 is 2.40 bits per heavy atom. The van der Waals surface area contributed by atoms with Crippen LogP contribution in [0.2, 0.25) is 0 Å². The standard InChI is InChI=1S/C15H8Br3NO/c16-8-2-4-13(18)11(5-8)15(20)12-7-19-14-6-9(17)1-3-10(12)14/h1-7,19H. The molecule has 1 aromatic heterocycles. The summed E-state index contributed by atoms with van der Waals surface area (Å²) >= 11 is 10.3. The molecule has 5 heteroatoms. The topological polar surface area (TPSA) is 32.9 Å². The molecule has 0 amide bonds. The fourth-order valence-corrected chi connectivity index (χ4v) is 3.25. The number of hydrogen-bond donors (Lipinski definition) is 1. The normalized spacial score (nSPS) is 10.9. The number of aromatic nitrogens is 1. The number of aromatic amines is 1. The molecule has 1 heterocycles. The van der Waals surface area contributed by atoms with Crippen molar-refractivity contribution < 1.29 is 4.79 Å². The first kappa shape index (κ1) is 14.0. The summed E-state index contributed by atoms with van der Waals surface area (Å²) in [7, 11) is 0. The summed E-state index contributed by atoms with van der Waals surface area (Å²) in [5.41, 5.74) is 2.25. The zero-order chi connectivity index (χ0) is 14.3. The van der Waals surface area contributed by atoms with Gasteiger partial charge in [-0.05, 0) is 30.3 Å². The number of H-pyrrole nitrogens is 1. The SMILES string of the molecule is O=C(c1cc(Br)ccc1Br)c1c[nH]c2cc(Br)ccc12. The van der Waals surface area contributed by atoms with Crippen molar-refractivity contribution in [3.63, 3.8) is 0 Å². The molecule has 0 fully saturated rings. The molecule has 0 bridgehead atoms. The first-order valence-electron chi connectivity index (χ1n) is 5.82. The fourth-order valence-electron chi connectivity index (χ4n) is 2.10. The Bertz CT molecular complexity index is 823. The second-order valence-electron chi connectivity index (χ2n) is 4.35. The zero-order valence-corrected chi connectivity index (χ0v) is 14.8. The molecule has 1 N–H and O–H groups in total. The molecule has 0 saturated heterocycles. The predicted molar refractivity (Wildman–Crippen MR) is 91.3 cm³/mol. The Morgan fingerprint density at radius 1 is 0.900 bits per heavy atom. The number of hydrogen-bond acceptors (Lipinski definition) is 1. The highest BCUT2D eigenvalue weighted by Crippen LogP contribution is 2.28. The largest absolute Gasteiger partial charge is 0.360 e. The molecule has 20 heavy (non-hydrogen) atoms. The van der Waals surface area contributed by atoms with Crippen LogP contribution < -0.4 is 0 Å². The summed E-state index contributed by atoms with van der Waals surface area (Å²) in [6.45, 7) is 0. The summed E-state index contributed by atoms with van der Waals surface area (Å²) < 4.78 is 2.65. The summed E-state index contributed by atoms with van der Waals surface area (Å²) in [5, 5.41) is 0.921. The van der Waals surface area contributed by atoms with Crippen molar-refractivity contribution in [1.82, 2.24) is 4.98 Å². The van der Waals surface area contributed by atoms with Crippen LogP contribution in [0.5, 0.6) is 0 Å². The van der Waals surface area contributed by atoms with Gasteiger partial charge in [-0.1, -0.05) is 53.9 Å². The molecule has 3 rings (SSSR count). The van der Waals surface area contributed by atoms with Crippen LogP contribution in [0.4, 0.5) is 0 Å². The minimum Gasteiger partial charge on any atom is -0.360 e. The van der Waals surface area contributed by atoms with Crippen LogP contribution in [0.15, 0.2) is 56.0 Å². The predicted octanol–water partition coefficient (Wildman–Crippen LogP) is 5.69. The number of nitrogens with one attached hydrogen (secondary N) is 1. The van der Waals surface area contributed by atoms with Gasteiger partial charge in [0.25, 0.3) is 0 Å². The second kappa shape index (κ2) is 5.47. The van der Waals surface area contributed by atoms with Gasteiger partial charge < -0.3 is 4.98 Å². The highest BCUT2D eigenvalue weighted by Gasteiger charge is 2.17. The Hall–Kier alpha value is -0.910. The highest BCUT2D eigenvalue weighted by molar-refractivity contribution is 9.11. The maximum absolute atomic E-state index is 12.7. The van der Waals surface area contributed by atoms with Crippen LogP contribution in [0.3, 0.4) is 0 Å². The van der Waals surface area contributed by atoms with E-state index in [1.165, 1.54) is 0 Å². The van der Waals surface area contributed by atoms with Crippen LogP contribution in [0.1, 0.15) is 15.9 Å². The lowest BCUT2D eigenvalue weighted by atomic mass is 10.0. The summed E-state index contributed by atoms with van der Waals surface area (Å²) in [6.07, 6.45) is 1.76. The van der Waals surface area contributed by atoms with E-state index in [4.69, 9.17) is 0 Å². The summed E-state index contributed by atoms with van der Waals surface area (Å²) in [4.78, 5) is 15.8. The maximum Gasteiger partial charge on any atom is 0.196 e. The molecule has 0 saturated carbocycles. The van der Waals surface area contributed by atoms with E-state index in [0.29, 0.717) is 11.1 Å². The van der Waals surface area contributed by atoms with Crippen molar-refractivity contribution in [2.45, 2.75) is 0 Å². The molecule has 2 nitrogen and oxygen atoms in total. The minimum atomic E-state index is -0.00764. The lowest BCUT2D eigenvalue weighted by molar-refractivity contribution is 0.103. The van der Waals surface area contributed by atoms with E-state index < -0.39 is 0 Å². The van der Waals surface area contributed by atoms with E-state index in [1.807, 2.05) is 36.4 Å². The van der Waals surface area contributed by atoms with E-state index >= 15 is 0 Å². The molecule has 0 aliphatic carbocycles. The molecule has 0 aliphatic heterocycles. The number of ketones is 1. The Labute approximate surface area is 141 Å². The van der Waals surface area contributed by atoms with E-state index in [2.05, 4.69) is 52.8 Å². The Kier molecular flexibility index (Phi) is 3.84. The molecular formula is C15H8Br3NO. The number of rotatable bonds is 2. The first-order valence-corrected chi connectivity index (χ1v) is 8.20. The molecular weight excluding hydrogens is 450 g/mol. The van der Waals surface area contributed by atoms with Crippen molar-refractivity contribution in [2.24, 2.45) is 0 Å². The number of halogens is 3. The number of carbonyl (C=O) groups is 1. The molecule has 0 aliphatic rings. The molecule has 100 valence electrons. The summed E-state index contributed by atoms with van der Waals surface area (Å²) in [5.74, 6) is -0.00764. The van der Waals surface area contributed by atoms with Crippen LogP contribution in [-0.4, -0.2) is 10.8 Å². The third-order valence-electron chi connectivity index (χ3n) is 3.06. The van der Waals surface area contributed by atoms with Crippen molar-refractivity contribution in [2.75, 3.05) is 0 Å². The van der Waals surface area contributed by atoms with Gasteiger partial charge in [0.2, 0.25) is 0 Å². The van der Waals surface area contributed by atoms with Crippen molar-refractivity contribution in [3.05, 3.63) is 67.1 Å². The molecule has 3 aromatic rings. The summed E-state index contributed by atoms with van der Waals surface area (Å²) in [6, 6.07) is 11.4. The molecule has 0 atom stereocenters. The van der Waals surface area contributed by atoms with E-state index in [1.54, 1.807) is 6.20 Å². The lowest BCUT2D eigenvalue weighted by Gasteiger charge is -2.04. The van der Waals surface area contributed by atoms with E-state index in [0.717, 1.165) is 24.3 Å². The fraction of sp³-hybridized carbons (Fsp3) is 0. The number of carbonyl (C=O) groups excluding carboxylic acids is 1. The maximum atomic E-state index is 12.7. The van der Waals surface area contributed by atoms with Crippen molar-refractivity contribution in [1.29, 1.82) is 0 Å². The van der Waals surface area contributed by atoms with Crippen molar-refractivity contribution in [3.8, 4) is 0 Å². The van der Waals surface area contributed by atoms with Gasteiger partial charge >= 0.3 is 0 Å². The first-order chi connectivity index (χ1) is 9.56. The van der Waals surface area contributed by atoms with Gasteiger partial charge in [-0.25, -0.2) is 0 Å². The molecule has 2 aromatic carbocycles. The van der Waals surface area contributed by atoms with Gasteiger partial charge in [0.15, 0.2) is 5.78 Å². The highest BCUT2D eigenvalue weighted by atomic mass is 79.9. The minimum absolute atomic E-state index is 0.00764. The van der Waals surface area contributed by atoms with Gasteiger partial charge in [-0.2, -0.15) is 0 Å². The van der Waals surface area contributed by atoms with Crippen LogP contribution >= 0.6 is 47.8 Å². The average molecular weight is 458 g/mol. The third kappa shape index (κ3) is 2.50. The molecule has 0 radical (unpaired) electrons. The second-order valence-corrected chi connectivity index (χ2v) is 7.03. The van der Waals surface area contributed by atoms with Crippen LogP contribution in [0.25, 0.3) is 10.9 Å². The van der Waals surface area contributed by atoms with E-state index in [-0.39, 0.29) is 5.78 Å². The van der Waals surface area contributed by atoms with Gasteiger partial charge in [-0.15, -0.1) is 0 Å². The van der Waals surface area contributed by atoms with Crippen LogP contribution in [0, 0.1) is 0 Å². The third-order valence-corrected chi connectivity index (χ3v) is 4.74. The number of benzene rings is 2. The average Bonchev–Trinajstić information content (AvgIpc) is 2.83. The Morgan fingerprint density at radius 2 is 1.60 bits per heavy atom. The monoisotopic (exact) mass is 455 g/mol. The molecule has 0 spiro atoms. The van der Waals surface area contributed by atoms with Gasteiger partial charge in [0.1, 0.15) is 0 Å². The van der Waals surface area contributed by atoms with Crippen LogP contribution in [-0.2, 0) is 0 Å². The van der Waals surface area contributed by atoms with Gasteiger partial charge in [0, 0.05) is 41.6 Å². The van der Waals surface area contributed by atoms with Gasteiger partial charge in [0.05, 0.1) is 0 Å². The Balaban J connectivity index is 2.15. The van der Waals surface area contributed by atoms with Gasteiger partial charge in [-0.3, -0.25) is 4.79 Å². The van der Waals surface area contributed by atoms with Crippen molar-refractivity contribution >= 4 is 64.5 Å². The van der Waals surface area contributed by atoms with E-state index in [9.17, 15) is 4.79 Å². The molecule has 0 unspecified atom stereocenters. The zero-order valence-electron chi connectivity index (χ0n) is 10.1. The smallest absolute Gasteiger partial charge is 0.196 e. The lowest BCUT2D eigenvalue weighted by Crippen LogP contribution is -2.01.